The molecule has 2 rings (SSSR count). The van der Waals surface area contributed by atoms with Crippen LogP contribution in [0.4, 0.5) is 11.5 Å². The third kappa shape index (κ3) is 3.03. The molecule has 7 heteroatoms. The number of hydrogen-bond donors (Lipinski definition) is 1. The molecule has 0 aliphatic heterocycles. The highest BCUT2D eigenvalue weighted by atomic mass is 16.6. The molecule has 2 heterocycles. The van der Waals surface area contributed by atoms with E-state index < -0.39 is 4.92 Å². The van der Waals surface area contributed by atoms with E-state index in [1.54, 1.807) is 12.5 Å². The summed E-state index contributed by atoms with van der Waals surface area (Å²) in [6.07, 6.45) is 6.71. The summed E-state index contributed by atoms with van der Waals surface area (Å²) in [7, 11) is 0. The first kappa shape index (κ1) is 12.0. The van der Waals surface area contributed by atoms with Gasteiger partial charge in [0.25, 0.3) is 5.69 Å². The number of nitrogens with one attached hydrogen (secondary N) is 1. The number of aromatic nitrogens is 3. The van der Waals surface area contributed by atoms with Crippen LogP contribution in [0.15, 0.2) is 37.1 Å². The van der Waals surface area contributed by atoms with Gasteiger partial charge in [-0.1, -0.05) is 0 Å². The zero-order chi connectivity index (χ0) is 13.0. The van der Waals surface area contributed by atoms with Crippen LogP contribution in [-0.2, 0) is 6.54 Å². The standard InChI is InChI=1S/C11H13N5O2/c1-9(7-15-5-4-12-8-15)14-11-6-10(16(17)18)2-3-13-11/h2-6,8-9H,7H2,1H3,(H,13,14). The van der Waals surface area contributed by atoms with Gasteiger partial charge in [0.2, 0.25) is 0 Å². The zero-order valence-corrected chi connectivity index (χ0v) is 9.85. The molecular weight excluding hydrogens is 234 g/mol. The van der Waals surface area contributed by atoms with Crippen LogP contribution in [0.25, 0.3) is 0 Å². The van der Waals surface area contributed by atoms with Crippen molar-refractivity contribution in [1.29, 1.82) is 0 Å². The molecule has 0 aliphatic carbocycles. The monoisotopic (exact) mass is 247 g/mol. The fourth-order valence-corrected chi connectivity index (χ4v) is 1.62. The van der Waals surface area contributed by atoms with E-state index in [-0.39, 0.29) is 11.7 Å². The number of anilines is 1. The van der Waals surface area contributed by atoms with Crippen molar-refractivity contribution in [2.24, 2.45) is 0 Å². The first-order valence-electron chi connectivity index (χ1n) is 5.48. The molecule has 2 aromatic heterocycles. The van der Waals surface area contributed by atoms with Crippen LogP contribution in [0.2, 0.25) is 0 Å². The highest BCUT2D eigenvalue weighted by molar-refractivity contribution is 5.44. The van der Waals surface area contributed by atoms with E-state index >= 15 is 0 Å². The first-order chi connectivity index (χ1) is 8.65. The fourth-order valence-electron chi connectivity index (χ4n) is 1.62. The molecule has 0 aromatic carbocycles. The summed E-state index contributed by atoms with van der Waals surface area (Å²) in [4.78, 5) is 18.2. The lowest BCUT2D eigenvalue weighted by Gasteiger charge is -2.14. The molecule has 0 fully saturated rings. The second kappa shape index (κ2) is 5.26. The lowest BCUT2D eigenvalue weighted by atomic mass is 10.3. The normalized spacial score (nSPS) is 12.1. The topological polar surface area (TPSA) is 85.9 Å². The van der Waals surface area contributed by atoms with Crippen LogP contribution >= 0.6 is 0 Å². The minimum absolute atomic E-state index is 0.0299. The smallest absolute Gasteiger partial charge is 0.274 e. The number of rotatable bonds is 5. The van der Waals surface area contributed by atoms with Gasteiger partial charge in [0.1, 0.15) is 5.82 Å². The Kier molecular flexibility index (Phi) is 3.52. The summed E-state index contributed by atoms with van der Waals surface area (Å²) in [6.45, 7) is 2.69. The van der Waals surface area contributed by atoms with Gasteiger partial charge in [0.15, 0.2) is 0 Å². The van der Waals surface area contributed by atoms with Gasteiger partial charge in [-0.05, 0) is 6.92 Å². The minimum atomic E-state index is -0.437. The molecule has 1 N–H and O–H groups in total. The first-order valence-corrected chi connectivity index (χ1v) is 5.48. The van der Waals surface area contributed by atoms with Crippen LogP contribution in [0, 0.1) is 10.1 Å². The van der Waals surface area contributed by atoms with E-state index in [0.717, 1.165) is 0 Å². The molecule has 0 amide bonds. The van der Waals surface area contributed by atoms with E-state index in [1.165, 1.54) is 18.3 Å². The van der Waals surface area contributed by atoms with Gasteiger partial charge in [-0.15, -0.1) is 0 Å². The Hall–Kier alpha value is -2.44. The van der Waals surface area contributed by atoms with E-state index in [2.05, 4.69) is 15.3 Å². The second-order valence-electron chi connectivity index (χ2n) is 3.96. The average Bonchev–Trinajstić information content (AvgIpc) is 2.82. The quantitative estimate of drug-likeness (QED) is 0.641. The summed E-state index contributed by atoms with van der Waals surface area (Å²) >= 11 is 0. The predicted octanol–water partition coefficient (Wildman–Crippen LogP) is 1.69. The molecule has 0 aliphatic rings. The van der Waals surface area contributed by atoms with Gasteiger partial charge in [-0.3, -0.25) is 10.1 Å². The van der Waals surface area contributed by atoms with Crippen molar-refractivity contribution in [3.8, 4) is 0 Å². The van der Waals surface area contributed by atoms with Crippen LogP contribution < -0.4 is 5.32 Å². The zero-order valence-electron chi connectivity index (χ0n) is 9.85. The Morgan fingerprint density at radius 2 is 2.39 bits per heavy atom. The number of imidazole rings is 1. The van der Waals surface area contributed by atoms with Gasteiger partial charge >= 0.3 is 0 Å². The summed E-state index contributed by atoms with van der Waals surface area (Å²) in [5, 5.41) is 13.7. The van der Waals surface area contributed by atoms with Gasteiger partial charge in [0, 0.05) is 37.2 Å². The molecule has 0 spiro atoms. The second-order valence-corrected chi connectivity index (χ2v) is 3.96. The maximum absolute atomic E-state index is 10.6. The van der Waals surface area contributed by atoms with E-state index in [4.69, 9.17) is 0 Å². The van der Waals surface area contributed by atoms with Gasteiger partial charge in [-0.2, -0.15) is 0 Å². The van der Waals surface area contributed by atoms with Crippen molar-refractivity contribution in [3.05, 3.63) is 47.2 Å². The molecule has 1 atom stereocenters. The van der Waals surface area contributed by atoms with Gasteiger partial charge in [-0.25, -0.2) is 9.97 Å². The number of nitrogens with zero attached hydrogens (tertiary/aromatic N) is 4. The average molecular weight is 247 g/mol. The summed E-state index contributed by atoms with van der Waals surface area (Å²) < 4.78 is 1.93. The predicted molar refractivity (Wildman–Crippen MR) is 66.2 cm³/mol. The lowest BCUT2D eigenvalue weighted by molar-refractivity contribution is -0.384. The van der Waals surface area contributed by atoms with Crippen LogP contribution in [0.1, 0.15) is 6.92 Å². The van der Waals surface area contributed by atoms with Crippen LogP contribution in [-0.4, -0.2) is 25.5 Å². The Morgan fingerprint density at radius 3 is 3.06 bits per heavy atom. The SMILES string of the molecule is CC(Cn1ccnc1)Nc1cc([N+](=O)[O-])ccn1. The Balaban J connectivity index is 2.00. The molecule has 0 bridgehead atoms. The lowest BCUT2D eigenvalue weighted by Crippen LogP contribution is -2.21. The van der Waals surface area contributed by atoms with E-state index in [9.17, 15) is 10.1 Å². The third-order valence-electron chi connectivity index (χ3n) is 2.39. The van der Waals surface area contributed by atoms with Crippen LogP contribution in [0.3, 0.4) is 0 Å². The summed E-state index contributed by atoms with van der Waals surface area (Å²) in [5.41, 5.74) is 0.0299. The van der Waals surface area contributed by atoms with E-state index in [1.807, 2.05) is 17.7 Å². The Morgan fingerprint density at radius 1 is 1.56 bits per heavy atom. The molecular formula is C11H13N5O2. The number of pyridine rings is 1. The maximum atomic E-state index is 10.6. The number of hydrogen-bond acceptors (Lipinski definition) is 5. The van der Waals surface area contributed by atoms with Crippen molar-refractivity contribution in [3.63, 3.8) is 0 Å². The van der Waals surface area contributed by atoms with Crippen LogP contribution in [0.5, 0.6) is 0 Å². The molecule has 0 saturated heterocycles. The molecule has 94 valence electrons. The highest BCUT2D eigenvalue weighted by Gasteiger charge is 2.09. The minimum Gasteiger partial charge on any atom is -0.366 e. The van der Waals surface area contributed by atoms with Crippen molar-refractivity contribution >= 4 is 11.5 Å². The Bertz CT molecular complexity index is 526. The largest absolute Gasteiger partial charge is 0.366 e. The van der Waals surface area contributed by atoms with Gasteiger partial charge in [0.05, 0.1) is 17.3 Å². The third-order valence-corrected chi connectivity index (χ3v) is 2.39. The Labute approximate surface area is 104 Å². The van der Waals surface area contributed by atoms with E-state index in [0.29, 0.717) is 12.4 Å². The molecule has 18 heavy (non-hydrogen) atoms. The number of nitro groups is 1. The molecule has 2 aromatic rings. The van der Waals surface area contributed by atoms with Crippen molar-refractivity contribution in [1.82, 2.24) is 14.5 Å². The fraction of sp³-hybridized carbons (Fsp3) is 0.273. The van der Waals surface area contributed by atoms with Crippen molar-refractivity contribution in [2.45, 2.75) is 19.5 Å². The molecule has 0 saturated carbocycles. The van der Waals surface area contributed by atoms with Gasteiger partial charge < -0.3 is 9.88 Å². The van der Waals surface area contributed by atoms with Crippen molar-refractivity contribution < 1.29 is 4.92 Å². The summed E-state index contributed by atoms with van der Waals surface area (Å²) in [5.74, 6) is 0.497. The molecule has 1 unspecified atom stereocenters. The molecule has 7 nitrogen and oxygen atoms in total. The highest BCUT2D eigenvalue weighted by Crippen LogP contribution is 2.15. The maximum Gasteiger partial charge on any atom is 0.274 e. The van der Waals surface area contributed by atoms with Crippen molar-refractivity contribution in [2.75, 3.05) is 5.32 Å². The summed E-state index contributed by atoms with van der Waals surface area (Å²) in [6, 6.07) is 2.88. The molecule has 0 radical (unpaired) electrons.